The summed E-state index contributed by atoms with van der Waals surface area (Å²) in [6, 6.07) is 0.0277. The largest absolute Gasteiger partial charge is 0.382 e. The summed E-state index contributed by atoms with van der Waals surface area (Å²) in [5.41, 5.74) is 5.18. The summed E-state index contributed by atoms with van der Waals surface area (Å²) in [6.07, 6.45) is 0. The molecule has 0 aromatic heterocycles. The minimum Gasteiger partial charge on any atom is -0.382 e. The molecule has 0 aliphatic rings. The fraction of sp³-hybridized carbons (Fsp3) is 0.800. The first-order chi connectivity index (χ1) is 4.52. The number of hydrogen-bond acceptors (Lipinski definition) is 3. The van der Waals surface area contributed by atoms with Crippen molar-refractivity contribution in [3.05, 3.63) is 10.1 Å². The molecule has 0 aliphatic heterocycles. The van der Waals surface area contributed by atoms with Crippen molar-refractivity contribution < 1.29 is 4.92 Å². The Morgan fingerprint density at radius 3 is 2.60 bits per heavy atom. The van der Waals surface area contributed by atoms with Gasteiger partial charge in [-0.3, -0.25) is 15.1 Å². The van der Waals surface area contributed by atoms with Crippen molar-refractivity contribution in [3.63, 3.8) is 0 Å². The summed E-state index contributed by atoms with van der Waals surface area (Å²) in [6.45, 7) is 3.26. The number of nitro groups is 1. The quantitative estimate of drug-likeness (QED) is 0.263. The topological polar surface area (TPSA) is 81.5 Å². The maximum absolute atomic E-state index is 9.84. The third-order valence-electron chi connectivity index (χ3n) is 0.715. The second-order valence-corrected chi connectivity index (χ2v) is 2.21. The first-order valence-corrected chi connectivity index (χ1v) is 2.96. The van der Waals surface area contributed by atoms with E-state index in [1.54, 1.807) is 0 Å². The highest BCUT2D eigenvalue weighted by molar-refractivity contribution is 5.81. The van der Waals surface area contributed by atoms with Crippen LogP contribution in [0.25, 0.3) is 0 Å². The zero-order chi connectivity index (χ0) is 8.15. The van der Waals surface area contributed by atoms with Crippen LogP contribution in [0.15, 0.2) is 4.99 Å². The predicted octanol–water partition coefficient (Wildman–Crippen LogP) is 0.0287. The van der Waals surface area contributed by atoms with Crippen LogP contribution < -0.4 is 5.73 Å². The monoisotopic (exact) mass is 145 g/mol. The van der Waals surface area contributed by atoms with E-state index in [9.17, 15) is 10.1 Å². The lowest BCUT2D eigenvalue weighted by Crippen LogP contribution is -2.23. The molecule has 10 heavy (non-hydrogen) atoms. The van der Waals surface area contributed by atoms with Gasteiger partial charge in [-0.05, 0) is 13.8 Å². The van der Waals surface area contributed by atoms with Gasteiger partial charge in [0.15, 0.2) is 5.84 Å². The first-order valence-electron chi connectivity index (χ1n) is 2.96. The van der Waals surface area contributed by atoms with Crippen molar-refractivity contribution in [2.45, 2.75) is 19.9 Å². The van der Waals surface area contributed by atoms with Crippen LogP contribution in [0.4, 0.5) is 0 Å². The number of aliphatic imine (C=N–C) groups is 1. The van der Waals surface area contributed by atoms with Crippen molar-refractivity contribution in [1.29, 1.82) is 0 Å². The Morgan fingerprint density at radius 2 is 2.30 bits per heavy atom. The first kappa shape index (κ1) is 8.87. The molecule has 0 bridgehead atoms. The number of nitrogens with two attached hydrogens (primary N) is 1. The normalized spacial score (nSPS) is 12.1. The molecule has 2 N–H and O–H groups in total. The van der Waals surface area contributed by atoms with Gasteiger partial charge in [0.05, 0.1) is 0 Å². The zero-order valence-electron chi connectivity index (χ0n) is 6.07. The molecule has 0 spiro atoms. The maximum atomic E-state index is 9.84. The molecule has 0 atom stereocenters. The molecule has 0 saturated heterocycles. The molecule has 0 rings (SSSR count). The summed E-state index contributed by atoms with van der Waals surface area (Å²) in [7, 11) is 0. The summed E-state index contributed by atoms with van der Waals surface area (Å²) in [5.74, 6) is 0.0833. The molecule has 0 amide bonds. The van der Waals surface area contributed by atoms with Gasteiger partial charge in [-0.25, -0.2) is 0 Å². The van der Waals surface area contributed by atoms with Gasteiger partial charge in [0.2, 0.25) is 0 Å². The molecular formula is C5H11N3O2. The second kappa shape index (κ2) is 3.81. The summed E-state index contributed by atoms with van der Waals surface area (Å²) in [4.78, 5) is 13.1. The van der Waals surface area contributed by atoms with E-state index in [-0.39, 0.29) is 18.4 Å². The number of amidine groups is 1. The number of hydrogen-bond donors (Lipinski definition) is 1. The summed E-state index contributed by atoms with van der Waals surface area (Å²) in [5, 5.41) is 9.84. The van der Waals surface area contributed by atoms with E-state index in [4.69, 9.17) is 5.73 Å². The second-order valence-electron chi connectivity index (χ2n) is 2.21. The van der Waals surface area contributed by atoms with Gasteiger partial charge < -0.3 is 5.73 Å². The maximum Gasteiger partial charge on any atom is 0.259 e. The Hall–Kier alpha value is -1.13. The lowest BCUT2D eigenvalue weighted by atomic mass is 10.4. The molecule has 0 aromatic rings. The number of nitrogens with zero attached hydrogens (tertiary/aromatic N) is 2. The van der Waals surface area contributed by atoms with E-state index in [1.807, 2.05) is 13.8 Å². The molecule has 0 radical (unpaired) electrons. The smallest absolute Gasteiger partial charge is 0.259 e. The average Bonchev–Trinajstić information content (AvgIpc) is 1.58. The Labute approximate surface area is 59.1 Å². The van der Waals surface area contributed by atoms with Crippen LogP contribution in [0, 0.1) is 10.1 Å². The van der Waals surface area contributed by atoms with Gasteiger partial charge in [-0.2, -0.15) is 0 Å². The number of rotatable bonds is 3. The molecule has 58 valence electrons. The zero-order valence-corrected chi connectivity index (χ0v) is 6.07. The molecule has 5 heteroatoms. The highest BCUT2D eigenvalue weighted by atomic mass is 16.6. The van der Waals surface area contributed by atoms with Crippen molar-refractivity contribution in [2.75, 3.05) is 6.54 Å². The van der Waals surface area contributed by atoms with Crippen molar-refractivity contribution in [1.82, 2.24) is 0 Å². The van der Waals surface area contributed by atoms with Crippen molar-refractivity contribution >= 4 is 5.84 Å². The van der Waals surface area contributed by atoms with Crippen LogP contribution >= 0.6 is 0 Å². The molecule has 0 saturated carbocycles. The fourth-order valence-corrected chi connectivity index (χ4v) is 0.505. The van der Waals surface area contributed by atoms with E-state index in [0.29, 0.717) is 0 Å². The van der Waals surface area contributed by atoms with E-state index < -0.39 is 4.92 Å². The van der Waals surface area contributed by atoms with E-state index >= 15 is 0 Å². The van der Waals surface area contributed by atoms with Crippen LogP contribution in [-0.2, 0) is 0 Å². The van der Waals surface area contributed by atoms with Gasteiger partial charge in [-0.15, -0.1) is 0 Å². The lowest BCUT2D eigenvalue weighted by molar-refractivity contribution is -0.463. The minimum atomic E-state index is -0.499. The van der Waals surface area contributed by atoms with Crippen LogP contribution in [-0.4, -0.2) is 23.3 Å². The molecule has 0 heterocycles. The molecule has 5 nitrogen and oxygen atoms in total. The Kier molecular flexibility index (Phi) is 3.38. The lowest BCUT2D eigenvalue weighted by Gasteiger charge is -1.96. The minimum absolute atomic E-state index is 0.0277. The predicted molar refractivity (Wildman–Crippen MR) is 38.6 cm³/mol. The van der Waals surface area contributed by atoms with Gasteiger partial charge in [0.1, 0.15) is 0 Å². The van der Waals surface area contributed by atoms with Crippen LogP contribution in [0.3, 0.4) is 0 Å². The van der Waals surface area contributed by atoms with Gasteiger partial charge >= 0.3 is 0 Å². The van der Waals surface area contributed by atoms with Gasteiger partial charge in [-0.1, -0.05) is 0 Å². The highest BCUT2D eigenvalue weighted by Gasteiger charge is 2.01. The average molecular weight is 145 g/mol. The molecule has 0 aliphatic carbocycles. The third-order valence-corrected chi connectivity index (χ3v) is 0.715. The Balaban J connectivity index is 3.82. The fourth-order valence-electron chi connectivity index (χ4n) is 0.505. The molecule has 0 fully saturated rings. The summed E-state index contributed by atoms with van der Waals surface area (Å²) >= 11 is 0. The van der Waals surface area contributed by atoms with Crippen LogP contribution in [0.2, 0.25) is 0 Å². The summed E-state index contributed by atoms with van der Waals surface area (Å²) < 4.78 is 0. The van der Waals surface area contributed by atoms with Gasteiger partial charge in [0.25, 0.3) is 6.54 Å². The Morgan fingerprint density at radius 1 is 1.80 bits per heavy atom. The van der Waals surface area contributed by atoms with Crippen LogP contribution in [0.1, 0.15) is 13.8 Å². The van der Waals surface area contributed by atoms with Gasteiger partial charge in [0, 0.05) is 11.0 Å². The molecule has 0 unspecified atom stereocenters. The van der Waals surface area contributed by atoms with Crippen molar-refractivity contribution in [3.8, 4) is 0 Å². The van der Waals surface area contributed by atoms with E-state index in [1.165, 1.54) is 0 Å². The van der Waals surface area contributed by atoms with E-state index in [0.717, 1.165) is 0 Å². The Bertz CT molecular complexity index is 153. The van der Waals surface area contributed by atoms with Crippen molar-refractivity contribution in [2.24, 2.45) is 10.7 Å². The molecule has 0 aromatic carbocycles. The molecular weight excluding hydrogens is 134 g/mol. The van der Waals surface area contributed by atoms with E-state index in [2.05, 4.69) is 4.99 Å². The SMILES string of the molecule is CC(C)N=C(N)C[N+](=O)[O-]. The van der Waals surface area contributed by atoms with Crippen LogP contribution in [0.5, 0.6) is 0 Å². The third kappa shape index (κ3) is 5.02. The highest BCUT2D eigenvalue weighted by Crippen LogP contribution is 1.84. The standard InChI is InChI=1S/C5H11N3O2/c1-4(2)7-5(6)3-8(9)10/h4H,3H2,1-2H3,(H2,6,7).